The van der Waals surface area contributed by atoms with E-state index in [9.17, 15) is 5.11 Å². The van der Waals surface area contributed by atoms with E-state index < -0.39 is 0 Å². The van der Waals surface area contributed by atoms with Crippen LogP contribution < -0.4 is 10.6 Å². The van der Waals surface area contributed by atoms with E-state index in [0.717, 1.165) is 57.9 Å². The first kappa shape index (κ1) is 24.9. The number of methoxy groups -OCH3 is 1. The number of halogens is 1. The van der Waals surface area contributed by atoms with Crippen molar-refractivity contribution in [2.45, 2.75) is 65.2 Å². The molecule has 0 aromatic rings. The van der Waals surface area contributed by atoms with Crippen molar-refractivity contribution in [3.63, 3.8) is 0 Å². The largest absolute Gasteiger partial charge is 0.396 e. The fraction of sp³-hybridized carbons (Fsp3) is 0.947. The summed E-state index contributed by atoms with van der Waals surface area (Å²) in [7, 11) is 1.78. The number of aliphatic hydroxyl groups is 1. The fourth-order valence-corrected chi connectivity index (χ4v) is 3.70. The number of hydrogen-bond donors (Lipinski definition) is 3. The molecule has 1 rings (SSSR count). The quantitative estimate of drug-likeness (QED) is 0.232. The average Bonchev–Trinajstić information content (AvgIpc) is 3.05. The van der Waals surface area contributed by atoms with Gasteiger partial charge in [0, 0.05) is 40.0 Å². The van der Waals surface area contributed by atoms with Crippen molar-refractivity contribution in [1.29, 1.82) is 0 Å². The third-order valence-corrected chi connectivity index (χ3v) is 5.21. The van der Waals surface area contributed by atoms with Crippen LogP contribution in [-0.4, -0.2) is 51.0 Å². The lowest BCUT2D eigenvalue weighted by atomic mass is 9.83. The van der Waals surface area contributed by atoms with Gasteiger partial charge in [0.05, 0.1) is 0 Å². The number of aliphatic imine (C=N–C) groups is 1. The van der Waals surface area contributed by atoms with Crippen molar-refractivity contribution in [3.05, 3.63) is 0 Å². The van der Waals surface area contributed by atoms with Crippen LogP contribution in [0.4, 0.5) is 0 Å². The number of guanidine groups is 1. The Labute approximate surface area is 171 Å². The lowest BCUT2D eigenvalue weighted by Crippen LogP contribution is -2.41. The highest BCUT2D eigenvalue weighted by atomic mass is 127. The maximum atomic E-state index is 9.21. The zero-order chi connectivity index (χ0) is 17.7. The van der Waals surface area contributed by atoms with Crippen molar-refractivity contribution < 1.29 is 9.84 Å². The van der Waals surface area contributed by atoms with Crippen LogP contribution in [0.2, 0.25) is 0 Å². The van der Waals surface area contributed by atoms with Crippen molar-refractivity contribution in [1.82, 2.24) is 10.6 Å². The topological polar surface area (TPSA) is 65.9 Å². The monoisotopic (exact) mass is 469 g/mol. The van der Waals surface area contributed by atoms with Crippen LogP contribution in [0.25, 0.3) is 0 Å². The summed E-state index contributed by atoms with van der Waals surface area (Å²) in [6.07, 6.45) is 9.43. The van der Waals surface area contributed by atoms with Gasteiger partial charge >= 0.3 is 0 Å². The van der Waals surface area contributed by atoms with Gasteiger partial charge < -0.3 is 20.5 Å². The maximum absolute atomic E-state index is 9.21. The Hall–Kier alpha value is -0.0800. The van der Waals surface area contributed by atoms with Gasteiger partial charge in [0.25, 0.3) is 0 Å². The molecule has 150 valence electrons. The first-order valence-electron chi connectivity index (χ1n) is 9.81. The number of nitrogens with zero attached hydrogens (tertiary/aromatic N) is 1. The molecule has 25 heavy (non-hydrogen) atoms. The van der Waals surface area contributed by atoms with Crippen LogP contribution in [-0.2, 0) is 4.74 Å². The maximum Gasteiger partial charge on any atom is 0.191 e. The Bertz CT molecular complexity index is 342. The summed E-state index contributed by atoms with van der Waals surface area (Å²) in [5, 5.41) is 16.1. The van der Waals surface area contributed by atoms with Gasteiger partial charge in [0.2, 0.25) is 0 Å². The Morgan fingerprint density at radius 3 is 2.48 bits per heavy atom. The second-order valence-electron chi connectivity index (χ2n) is 7.19. The van der Waals surface area contributed by atoms with Gasteiger partial charge in [0.15, 0.2) is 5.96 Å². The molecule has 5 nitrogen and oxygen atoms in total. The molecule has 0 amide bonds. The summed E-state index contributed by atoms with van der Waals surface area (Å²) in [6, 6.07) is 0. The molecule has 1 aliphatic rings. The zero-order valence-electron chi connectivity index (χ0n) is 16.5. The summed E-state index contributed by atoms with van der Waals surface area (Å²) >= 11 is 0. The van der Waals surface area contributed by atoms with Crippen LogP contribution in [0.5, 0.6) is 0 Å². The fourth-order valence-electron chi connectivity index (χ4n) is 3.70. The minimum absolute atomic E-state index is 0. The van der Waals surface area contributed by atoms with Crippen LogP contribution in [0.15, 0.2) is 4.99 Å². The van der Waals surface area contributed by atoms with Gasteiger partial charge in [-0.15, -0.1) is 24.0 Å². The predicted octanol–water partition coefficient (Wildman–Crippen LogP) is 3.56. The molecule has 0 bridgehead atoms. The molecule has 0 radical (unpaired) electrons. The molecule has 6 heteroatoms. The Morgan fingerprint density at radius 1 is 1.20 bits per heavy atom. The van der Waals surface area contributed by atoms with E-state index in [0.29, 0.717) is 11.3 Å². The second-order valence-corrected chi connectivity index (χ2v) is 7.19. The number of nitrogens with one attached hydrogen (secondary N) is 2. The zero-order valence-corrected chi connectivity index (χ0v) is 18.8. The van der Waals surface area contributed by atoms with Gasteiger partial charge in [-0.05, 0) is 50.4 Å². The third kappa shape index (κ3) is 9.99. The first-order valence-corrected chi connectivity index (χ1v) is 9.81. The summed E-state index contributed by atoms with van der Waals surface area (Å²) in [5.74, 6) is 1.43. The van der Waals surface area contributed by atoms with Gasteiger partial charge in [-0.2, -0.15) is 0 Å². The lowest BCUT2D eigenvalue weighted by molar-refractivity contribution is 0.141. The van der Waals surface area contributed by atoms with Gasteiger partial charge in [0.1, 0.15) is 0 Å². The van der Waals surface area contributed by atoms with E-state index >= 15 is 0 Å². The van der Waals surface area contributed by atoms with Gasteiger partial charge in [-0.1, -0.05) is 26.2 Å². The molecule has 3 N–H and O–H groups in total. The molecule has 0 aromatic carbocycles. The van der Waals surface area contributed by atoms with Gasteiger partial charge in [-0.25, -0.2) is 0 Å². The molecule has 1 saturated carbocycles. The van der Waals surface area contributed by atoms with E-state index in [1.807, 2.05) is 0 Å². The van der Waals surface area contributed by atoms with E-state index in [4.69, 9.17) is 9.73 Å². The number of hydrogen-bond acceptors (Lipinski definition) is 3. The van der Waals surface area contributed by atoms with Crippen molar-refractivity contribution in [2.75, 3.05) is 40.0 Å². The lowest BCUT2D eigenvalue weighted by Gasteiger charge is -2.27. The Kier molecular flexibility index (Phi) is 15.0. The molecule has 1 aliphatic carbocycles. The second kappa shape index (κ2) is 15.0. The summed E-state index contributed by atoms with van der Waals surface area (Å²) in [5.41, 5.74) is 0.326. The van der Waals surface area contributed by atoms with Crippen LogP contribution >= 0.6 is 24.0 Å². The van der Waals surface area contributed by atoms with Crippen molar-refractivity contribution in [3.8, 4) is 0 Å². The minimum atomic E-state index is 0. The molecule has 0 aliphatic heterocycles. The van der Waals surface area contributed by atoms with Crippen LogP contribution in [0, 0.1) is 11.3 Å². The first-order chi connectivity index (χ1) is 11.7. The molecule has 0 saturated heterocycles. The molecule has 1 unspecified atom stereocenters. The molecule has 0 aromatic heterocycles. The number of ether oxygens (including phenoxy) is 1. The SMILES string of the molecule is CCCC(CCO)CNC(=NCC1(CCOC)CCCC1)NCC.I. The molecule has 0 heterocycles. The van der Waals surface area contributed by atoms with E-state index in [-0.39, 0.29) is 30.6 Å². The Morgan fingerprint density at radius 2 is 1.92 bits per heavy atom. The average molecular weight is 469 g/mol. The summed E-state index contributed by atoms with van der Waals surface area (Å²) in [6.45, 7) is 8.02. The van der Waals surface area contributed by atoms with Crippen molar-refractivity contribution >= 4 is 29.9 Å². The number of aliphatic hydroxyl groups excluding tert-OH is 1. The smallest absolute Gasteiger partial charge is 0.191 e. The molecule has 1 atom stereocenters. The molecule has 0 spiro atoms. The normalized spacial score (nSPS) is 17.8. The van der Waals surface area contributed by atoms with Gasteiger partial charge in [-0.3, -0.25) is 4.99 Å². The van der Waals surface area contributed by atoms with E-state index in [1.165, 1.54) is 25.7 Å². The van der Waals surface area contributed by atoms with Crippen LogP contribution in [0.1, 0.15) is 65.2 Å². The van der Waals surface area contributed by atoms with E-state index in [2.05, 4.69) is 24.5 Å². The molecular weight excluding hydrogens is 429 g/mol. The number of rotatable bonds is 12. The minimum Gasteiger partial charge on any atom is -0.396 e. The van der Waals surface area contributed by atoms with Crippen LogP contribution in [0.3, 0.4) is 0 Å². The highest BCUT2D eigenvalue weighted by molar-refractivity contribution is 14.0. The third-order valence-electron chi connectivity index (χ3n) is 5.21. The standard InChI is InChI=1S/C19H39N3O2.HI/c1-4-8-17(9-13-23)15-21-18(20-5-2)22-16-19(12-14-24-3)10-6-7-11-19;/h17,23H,4-16H2,1-3H3,(H2,20,21,22);1H. The molecule has 1 fully saturated rings. The highest BCUT2D eigenvalue weighted by Gasteiger charge is 2.33. The van der Waals surface area contributed by atoms with E-state index in [1.54, 1.807) is 7.11 Å². The molecular formula is C19H40IN3O2. The highest BCUT2D eigenvalue weighted by Crippen LogP contribution is 2.41. The van der Waals surface area contributed by atoms with Crippen molar-refractivity contribution in [2.24, 2.45) is 16.3 Å². The predicted molar refractivity (Wildman–Crippen MR) is 117 cm³/mol. The summed E-state index contributed by atoms with van der Waals surface area (Å²) in [4.78, 5) is 4.89. The summed E-state index contributed by atoms with van der Waals surface area (Å²) < 4.78 is 5.31. The Balaban J connectivity index is 0.00000576.